The zero-order valence-electron chi connectivity index (χ0n) is 16.4. The molecular weight excluding hydrogens is 326 g/mol. The van der Waals surface area contributed by atoms with Gasteiger partial charge < -0.3 is 14.7 Å². The molecule has 4 heteroatoms. The smallest absolute Gasteiger partial charge is 0.410 e. The second-order valence-electron chi connectivity index (χ2n) is 8.24. The number of aliphatic hydroxyl groups is 1. The molecule has 1 fully saturated rings. The zero-order valence-corrected chi connectivity index (χ0v) is 16.4. The molecule has 0 spiro atoms. The van der Waals surface area contributed by atoms with Gasteiger partial charge in [0.25, 0.3) is 0 Å². The number of hydrogen-bond donors (Lipinski definition) is 1. The molecule has 0 aromatic heterocycles. The van der Waals surface area contributed by atoms with E-state index in [4.69, 9.17) is 4.74 Å². The van der Waals surface area contributed by atoms with Gasteiger partial charge in [0.2, 0.25) is 0 Å². The standard InChI is InChI=1S/C22H33NO3/c1-5-6-10-15-22(25,18-12-8-7-9-13-18)19-14-11-16-23(17-19)20(24)26-21(2,3)4/h5,7-9,12-13,19,25H,1,6,10-11,14-17H2,2-4H3. The van der Waals surface area contributed by atoms with Gasteiger partial charge in [-0.1, -0.05) is 36.4 Å². The van der Waals surface area contributed by atoms with Crippen molar-refractivity contribution in [1.29, 1.82) is 0 Å². The number of nitrogens with zero attached hydrogens (tertiary/aromatic N) is 1. The molecule has 0 aliphatic carbocycles. The maximum Gasteiger partial charge on any atom is 0.410 e. The van der Waals surface area contributed by atoms with Crippen molar-refractivity contribution in [1.82, 2.24) is 4.90 Å². The first-order chi connectivity index (χ1) is 12.3. The highest BCUT2D eigenvalue weighted by Crippen LogP contribution is 2.39. The van der Waals surface area contributed by atoms with Gasteiger partial charge in [0.1, 0.15) is 5.60 Å². The van der Waals surface area contributed by atoms with Crippen LogP contribution in [0.5, 0.6) is 0 Å². The number of hydrogen-bond acceptors (Lipinski definition) is 3. The molecule has 1 aromatic carbocycles. The SMILES string of the molecule is C=CCCCC(O)(c1ccccc1)C1CCCN(C(=O)OC(C)(C)C)C1. The van der Waals surface area contributed by atoms with Crippen LogP contribution >= 0.6 is 0 Å². The van der Waals surface area contributed by atoms with Gasteiger partial charge in [0.05, 0.1) is 5.60 Å². The highest BCUT2D eigenvalue weighted by atomic mass is 16.6. The van der Waals surface area contributed by atoms with Crippen molar-refractivity contribution in [2.24, 2.45) is 5.92 Å². The number of likely N-dealkylation sites (tertiary alicyclic amines) is 1. The van der Waals surface area contributed by atoms with Crippen molar-refractivity contribution in [2.75, 3.05) is 13.1 Å². The number of ether oxygens (including phenoxy) is 1. The predicted molar refractivity (Wildman–Crippen MR) is 105 cm³/mol. The van der Waals surface area contributed by atoms with E-state index in [-0.39, 0.29) is 12.0 Å². The summed E-state index contributed by atoms with van der Waals surface area (Å²) in [5.74, 6) is -0.00372. The molecule has 1 N–H and O–H groups in total. The van der Waals surface area contributed by atoms with Gasteiger partial charge in [0, 0.05) is 19.0 Å². The number of carbonyl (C=O) groups excluding carboxylic acids is 1. The molecule has 0 saturated carbocycles. The van der Waals surface area contributed by atoms with Crippen molar-refractivity contribution in [3.8, 4) is 0 Å². The average Bonchev–Trinajstić information content (AvgIpc) is 2.61. The Bertz CT molecular complexity index is 593. The Morgan fingerprint density at radius 1 is 1.35 bits per heavy atom. The lowest BCUT2D eigenvalue weighted by atomic mass is 9.74. The monoisotopic (exact) mass is 359 g/mol. The van der Waals surface area contributed by atoms with E-state index >= 15 is 0 Å². The molecule has 1 amide bonds. The van der Waals surface area contributed by atoms with Crippen LogP contribution in [0.4, 0.5) is 4.79 Å². The Labute approximate surface area is 157 Å². The largest absolute Gasteiger partial charge is 0.444 e. The van der Waals surface area contributed by atoms with Crippen LogP contribution in [-0.4, -0.2) is 34.8 Å². The minimum atomic E-state index is -0.940. The van der Waals surface area contributed by atoms with Crippen LogP contribution in [-0.2, 0) is 10.3 Å². The van der Waals surface area contributed by atoms with E-state index in [0.29, 0.717) is 19.5 Å². The van der Waals surface area contributed by atoms with E-state index in [1.807, 2.05) is 57.2 Å². The average molecular weight is 360 g/mol. The summed E-state index contributed by atoms with van der Waals surface area (Å²) < 4.78 is 5.53. The second kappa shape index (κ2) is 8.72. The minimum Gasteiger partial charge on any atom is -0.444 e. The first-order valence-electron chi connectivity index (χ1n) is 9.63. The van der Waals surface area contributed by atoms with E-state index in [0.717, 1.165) is 31.2 Å². The zero-order chi connectivity index (χ0) is 19.2. The van der Waals surface area contributed by atoms with Gasteiger partial charge in [-0.05, 0) is 58.4 Å². The fraction of sp³-hybridized carbons (Fsp3) is 0.591. The Kier molecular flexibility index (Phi) is 6.87. The predicted octanol–water partition coefficient (Wildman–Crippen LogP) is 4.88. The molecule has 1 saturated heterocycles. The van der Waals surface area contributed by atoms with Gasteiger partial charge in [-0.25, -0.2) is 4.79 Å². The number of benzene rings is 1. The third kappa shape index (κ3) is 5.34. The Hall–Kier alpha value is -1.81. The second-order valence-corrected chi connectivity index (χ2v) is 8.24. The minimum absolute atomic E-state index is 0.00372. The topological polar surface area (TPSA) is 49.8 Å². The van der Waals surface area contributed by atoms with Gasteiger partial charge in [-0.15, -0.1) is 6.58 Å². The lowest BCUT2D eigenvalue weighted by Gasteiger charge is -2.43. The van der Waals surface area contributed by atoms with E-state index < -0.39 is 11.2 Å². The summed E-state index contributed by atoms with van der Waals surface area (Å²) in [6.45, 7) is 10.6. The van der Waals surface area contributed by atoms with Crippen molar-refractivity contribution in [3.05, 3.63) is 48.6 Å². The molecule has 26 heavy (non-hydrogen) atoms. The number of allylic oxidation sites excluding steroid dienone is 1. The van der Waals surface area contributed by atoms with Crippen LogP contribution in [0.2, 0.25) is 0 Å². The van der Waals surface area contributed by atoms with E-state index in [1.165, 1.54) is 0 Å². The summed E-state index contributed by atoms with van der Waals surface area (Å²) >= 11 is 0. The van der Waals surface area contributed by atoms with Crippen LogP contribution in [0.1, 0.15) is 58.4 Å². The molecule has 1 aromatic rings. The van der Waals surface area contributed by atoms with Crippen LogP contribution < -0.4 is 0 Å². The van der Waals surface area contributed by atoms with E-state index in [1.54, 1.807) is 4.90 Å². The summed E-state index contributed by atoms with van der Waals surface area (Å²) in [5, 5.41) is 11.7. The molecular formula is C22H33NO3. The quantitative estimate of drug-likeness (QED) is 0.582. The first-order valence-corrected chi connectivity index (χ1v) is 9.63. The van der Waals surface area contributed by atoms with E-state index in [9.17, 15) is 9.90 Å². The fourth-order valence-corrected chi connectivity index (χ4v) is 3.69. The Morgan fingerprint density at radius 2 is 2.04 bits per heavy atom. The molecule has 1 aliphatic heterocycles. The van der Waals surface area contributed by atoms with Crippen LogP contribution in [0.25, 0.3) is 0 Å². The summed E-state index contributed by atoms with van der Waals surface area (Å²) in [6, 6.07) is 9.85. The highest BCUT2D eigenvalue weighted by molar-refractivity contribution is 5.68. The third-order valence-electron chi connectivity index (χ3n) is 4.99. The molecule has 2 unspecified atom stereocenters. The molecule has 2 rings (SSSR count). The van der Waals surface area contributed by atoms with Gasteiger partial charge in [0.15, 0.2) is 0 Å². The third-order valence-corrected chi connectivity index (χ3v) is 4.99. The van der Waals surface area contributed by atoms with Crippen molar-refractivity contribution >= 4 is 6.09 Å². The highest BCUT2D eigenvalue weighted by Gasteiger charge is 2.41. The van der Waals surface area contributed by atoms with Crippen LogP contribution in [0.3, 0.4) is 0 Å². The molecule has 144 valence electrons. The van der Waals surface area contributed by atoms with E-state index in [2.05, 4.69) is 6.58 Å². The molecule has 2 atom stereocenters. The van der Waals surface area contributed by atoms with Crippen LogP contribution in [0.15, 0.2) is 43.0 Å². The Morgan fingerprint density at radius 3 is 2.65 bits per heavy atom. The van der Waals surface area contributed by atoms with Crippen molar-refractivity contribution in [3.63, 3.8) is 0 Å². The normalized spacial score (nSPS) is 20.3. The molecule has 0 radical (unpaired) electrons. The number of amides is 1. The van der Waals surface area contributed by atoms with Gasteiger partial charge in [-0.2, -0.15) is 0 Å². The van der Waals surface area contributed by atoms with Crippen molar-refractivity contribution in [2.45, 2.75) is 64.1 Å². The molecule has 4 nitrogen and oxygen atoms in total. The molecule has 0 bridgehead atoms. The number of piperidine rings is 1. The number of unbranched alkanes of at least 4 members (excludes halogenated alkanes) is 1. The maximum absolute atomic E-state index is 12.5. The molecule has 1 aliphatic rings. The summed E-state index contributed by atoms with van der Waals surface area (Å²) in [7, 11) is 0. The first kappa shape index (κ1) is 20.5. The van der Waals surface area contributed by atoms with Crippen LogP contribution in [0, 0.1) is 5.92 Å². The summed E-state index contributed by atoms with van der Waals surface area (Å²) in [4.78, 5) is 14.2. The number of carbonyl (C=O) groups is 1. The Balaban J connectivity index is 2.18. The summed E-state index contributed by atoms with van der Waals surface area (Å²) in [5.41, 5.74) is -0.519. The van der Waals surface area contributed by atoms with Gasteiger partial charge >= 0.3 is 6.09 Å². The van der Waals surface area contributed by atoms with Crippen molar-refractivity contribution < 1.29 is 14.6 Å². The fourth-order valence-electron chi connectivity index (χ4n) is 3.69. The molecule has 1 heterocycles. The van der Waals surface area contributed by atoms with Gasteiger partial charge in [-0.3, -0.25) is 0 Å². The summed E-state index contributed by atoms with van der Waals surface area (Å²) in [6.07, 6.45) is 5.79. The number of rotatable bonds is 6. The lowest BCUT2D eigenvalue weighted by molar-refractivity contribution is -0.0632. The lowest BCUT2D eigenvalue weighted by Crippen LogP contribution is -2.49. The maximum atomic E-state index is 12.5.